The molecule has 1 N–H and O–H groups in total. The lowest BCUT2D eigenvalue weighted by Crippen LogP contribution is -2.13. The molecule has 0 aliphatic heterocycles. The van der Waals surface area contributed by atoms with Crippen LogP contribution in [-0.2, 0) is 0 Å². The molecule has 4 rings (SSSR count). The molecule has 3 aromatic carbocycles. The Bertz CT molecular complexity index is 1190. The highest BCUT2D eigenvalue weighted by molar-refractivity contribution is 6.36. The largest absolute Gasteiger partial charge is 0.508 e. The Morgan fingerprint density at radius 3 is 2.00 bits per heavy atom. The summed E-state index contributed by atoms with van der Waals surface area (Å²) in [5.41, 5.74) is 4.28. The molecule has 0 radical (unpaired) electrons. The second-order valence-electron chi connectivity index (χ2n) is 6.16. The van der Waals surface area contributed by atoms with E-state index in [1.807, 2.05) is 36.4 Å². The number of hydrogen-bond acceptors (Lipinski definition) is 4. The van der Waals surface area contributed by atoms with Gasteiger partial charge in [0.05, 0.1) is 5.57 Å². The van der Waals surface area contributed by atoms with Gasteiger partial charge >= 0.3 is 0 Å². The predicted octanol–water partition coefficient (Wildman–Crippen LogP) is 4.72. The number of Topliss-reactive ketones (excluding diaryl/α,β-unsaturated/α-hetero) is 1. The van der Waals surface area contributed by atoms with Crippen LogP contribution in [0.1, 0.15) is 15.9 Å². The highest BCUT2D eigenvalue weighted by Gasteiger charge is 2.30. The van der Waals surface area contributed by atoms with Gasteiger partial charge in [-0.05, 0) is 46.0 Å². The molecular weight excluding hydrogens is 336 g/mol. The van der Waals surface area contributed by atoms with E-state index in [4.69, 9.17) is 0 Å². The summed E-state index contributed by atoms with van der Waals surface area (Å²) in [6.07, 6.45) is 0. The molecule has 0 atom stereocenters. The van der Waals surface area contributed by atoms with Gasteiger partial charge in [0.2, 0.25) is 0 Å². The lowest BCUT2D eigenvalue weighted by atomic mass is 9.79. The molecule has 3 aromatic rings. The van der Waals surface area contributed by atoms with Crippen LogP contribution >= 0.6 is 0 Å². The van der Waals surface area contributed by atoms with Crippen LogP contribution in [0, 0.1) is 22.7 Å². The summed E-state index contributed by atoms with van der Waals surface area (Å²) < 4.78 is 0. The number of nitriles is 2. The number of rotatable bonds is 1. The third-order valence-electron chi connectivity index (χ3n) is 4.65. The Hall–Kier alpha value is -4.15. The fourth-order valence-corrected chi connectivity index (χ4v) is 3.38. The van der Waals surface area contributed by atoms with Crippen molar-refractivity contribution < 1.29 is 9.90 Å². The molecule has 4 nitrogen and oxygen atoms in total. The van der Waals surface area contributed by atoms with E-state index < -0.39 is 0 Å². The molecule has 1 aliphatic carbocycles. The van der Waals surface area contributed by atoms with Gasteiger partial charge in [-0.25, -0.2) is 0 Å². The summed E-state index contributed by atoms with van der Waals surface area (Å²) in [6, 6.07) is 23.3. The number of hydrogen-bond donors (Lipinski definition) is 1. The molecule has 4 heteroatoms. The molecular formula is C23H12N2O2. The highest BCUT2D eigenvalue weighted by Crippen LogP contribution is 2.41. The van der Waals surface area contributed by atoms with E-state index in [0.717, 1.165) is 22.3 Å². The summed E-state index contributed by atoms with van der Waals surface area (Å²) >= 11 is 0. The van der Waals surface area contributed by atoms with E-state index >= 15 is 0 Å². The van der Waals surface area contributed by atoms with Gasteiger partial charge in [0, 0.05) is 5.56 Å². The maximum Gasteiger partial charge on any atom is 0.196 e. The Morgan fingerprint density at radius 2 is 1.33 bits per heavy atom. The zero-order chi connectivity index (χ0) is 19.0. The minimum Gasteiger partial charge on any atom is -0.508 e. The number of allylic oxidation sites excluding steroid dienone is 2. The second kappa shape index (κ2) is 6.29. The van der Waals surface area contributed by atoms with Crippen LogP contribution in [0.5, 0.6) is 5.75 Å². The molecule has 0 bridgehead atoms. The van der Waals surface area contributed by atoms with E-state index in [0.29, 0.717) is 11.1 Å². The van der Waals surface area contributed by atoms with Crippen molar-refractivity contribution in [3.63, 3.8) is 0 Å². The number of nitrogens with zero attached hydrogens (tertiary/aromatic N) is 2. The Morgan fingerprint density at radius 1 is 0.741 bits per heavy atom. The molecule has 0 aromatic heterocycles. The van der Waals surface area contributed by atoms with Crippen LogP contribution in [0.3, 0.4) is 0 Å². The number of ketones is 1. The van der Waals surface area contributed by atoms with Crippen LogP contribution < -0.4 is 0 Å². The van der Waals surface area contributed by atoms with Crippen molar-refractivity contribution in [3.8, 4) is 40.1 Å². The average molecular weight is 348 g/mol. The first kappa shape index (κ1) is 16.3. The van der Waals surface area contributed by atoms with Gasteiger partial charge in [-0.15, -0.1) is 0 Å². The van der Waals surface area contributed by atoms with Gasteiger partial charge in [0.1, 0.15) is 23.5 Å². The van der Waals surface area contributed by atoms with Gasteiger partial charge in [-0.1, -0.05) is 48.5 Å². The number of carbonyl (C=O) groups is 1. The van der Waals surface area contributed by atoms with Crippen LogP contribution in [0.4, 0.5) is 0 Å². The van der Waals surface area contributed by atoms with Gasteiger partial charge in [-0.2, -0.15) is 10.5 Å². The molecule has 27 heavy (non-hydrogen) atoms. The van der Waals surface area contributed by atoms with Gasteiger partial charge < -0.3 is 5.11 Å². The highest BCUT2D eigenvalue weighted by atomic mass is 16.3. The van der Waals surface area contributed by atoms with Crippen molar-refractivity contribution in [1.82, 2.24) is 0 Å². The fraction of sp³-hybridized carbons (Fsp3) is 0. The van der Waals surface area contributed by atoms with E-state index in [1.54, 1.807) is 42.5 Å². The van der Waals surface area contributed by atoms with Crippen LogP contribution in [0.2, 0.25) is 0 Å². The van der Waals surface area contributed by atoms with Crippen molar-refractivity contribution >= 4 is 11.4 Å². The summed E-state index contributed by atoms with van der Waals surface area (Å²) in [4.78, 5) is 13.2. The summed E-state index contributed by atoms with van der Waals surface area (Å²) in [7, 11) is 0. The summed E-state index contributed by atoms with van der Waals surface area (Å²) in [5, 5.41) is 28.1. The Labute approximate surface area is 155 Å². The van der Waals surface area contributed by atoms with E-state index in [9.17, 15) is 20.4 Å². The molecule has 0 fully saturated rings. The third-order valence-corrected chi connectivity index (χ3v) is 4.65. The molecule has 0 amide bonds. The SMILES string of the molecule is N#CC(C#N)=C1C(=O)c2cc(-c3ccc(O)cc3)ccc2-c2ccccc21. The normalized spacial score (nSPS) is 11.8. The molecule has 0 heterocycles. The third kappa shape index (κ3) is 2.57. The zero-order valence-corrected chi connectivity index (χ0v) is 14.1. The first-order chi connectivity index (χ1) is 13.1. The van der Waals surface area contributed by atoms with E-state index in [-0.39, 0.29) is 22.7 Å². The monoisotopic (exact) mass is 348 g/mol. The molecule has 0 saturated carbocycles. The number of fused-ring (bicyclic) bond motifs is 3. The number of aromatic hydroxyl groups is 1. The summed E-state index contributed by atoms with van der Waals surface area (Å²) in [6.45, 7) is 0. The smallest absolute Gasteiger partial charge is 0.196 e. The minimum atomic E-state index is -0.331. The van der Waals surface area contributed by atoms with Crippen LogP contribution in [-0.4, -0.2) is 10.9 Å². The lowest BCUT2D eigenvalue weighted by molar-refractivity contribution is 0.105. The van der Waals surface area contributed by atoms with Gasteiger partial charge in [0.15, 0.2) is 5.78 Å². The molecule has 1 aliphatic rings. The number of carbonyl (C=O) groups excluding carboxylic acids is 1. The molecule has 0 saturated heterocycles. The van der Waals surface area contributed by atoms with Gasteiger partial charge in [0.25, 0.3) is 0 Å². The quantitative estimate of drug-likeness (QED) is 0.509. The second-order valence-corrected chi connectivity index (χ2v) is 6.16. The fourth-order valence-electron chi connectivity index (χ4n) is 3.38. The van der Waals surface area contributed by atoms with E-state index in [1.165, 1.54) is 0 Å². The number of benzene rings is 3. The number of phenolic OH excluding ortho intramolecular Hbond substituents is 1. The standard InChI is InChI=1S/C23H12N2O2/c24-12-16(13-25)22-20-4-2-1-3-18(20)19-10-7-15(11-21(19)23(22)27)14-5-8-17(26)9-6-14/h1-11,26H. The zero-order valence-electron chi connectivity index (χ0n) is 14.1. The van der Waals surface area contributed by atoms with Gasteiger partial charge in [-0.3, -0.25) is 4.79 Å². The minimum absolute atomic E-state index is 0.144. The number of phenols is 1. The first-order valence-electron chi connectivity index (χ1n) is 8.26. The molecule has 126 valence electrons. The van der Waals surface area contributed by atoms with Crippen molar-refractivity contribution in [2.75, 3.05) is 0 Å². The molecule has 0 unspecified atom stereocenters. The first-order valence-corrected chi connectivity index (χ1v) is 8.26. The maximum atomic E-state index is 13.2. The predicted molar refractivity (Wildman–Crippen MR) is 101 cm³/mol. The maximum absolute atomic E-state index is 13.2. The molecule has 0 spiro atoms. The summed E-state index contributed by atoms with van der Waals surface area (Å²) in [5.74, 6) is -0.165. The lowest BCUT2D eigenvalue weighted by Gasteiger charge is -2.22. The van der Waals surface area contributed by atoms with Crippen molar-refractivity contribution in [2.45, 2.75) is 0 Å². The van der Waals surface area contributed by atoms with Crippen LogP contribution in [0.15, 0.2) is 72.3 Å². The topological polar surface area (TPSA) is 84.9 Å². The Kier molecular flexibility index (Phi) is 3.81. The van der Waals surface area contributed by atoms with Crippen molar-refractivity contribution in [3.05, 3.63) is 83.4 Å². The van der Waals surface area contributed by atoms with Crippen molar-refractivity contribution in [2.24, 2.45) is 0 Å². The van der Waals surface area contributed by atoms with E-state index in [2.05, 4.69) is 0 Å². The Balaban J connectivity index is 1.99. The van der Waals surface area contributed by atoms with Crippen LogP contribution in [0.25, 0.3) is 27.8 Å². The average Bonchev–Trinajstić information content (AvgIpc) is 2.71. The van der Waals surface area contributed by atoms with Crippen molar-refractivity contribution in [1.29, 1.82) is 10.5 Å².